The van der Waals surface area contributed by atoms with Crippen LogP contribution in [0.15, 0.2) is 35.4 Å². The third kappa shape index (κ3) is 5.99. The molecule has 0 bridgehead atoms. The van der Waals surface area contributed by atoms with Gasteiger partial charge in [-0.2, -0.15) is 4.31 Å². The van der Waals surface area contributed by atoms with E-state index in [0.29, 0.717) is 55.0 Å². The van der Waals surface area contributed by atoms with Crippen molar-refractivity contribution in [3.05, 3.63) is 30.5 Å². The Kier molecular flexibility index (Phi) is 8.08. The van der Waals surface area contributed by atoms with Crippen molar-refractivity contribution in [2.75, 3.05) is 26.7 Å². The molecule has 3 rings (SSSR count). The molecule has 0 aliphatic carbocycles. The van der Waals surface area contributed by atoms with Crippen LogP contribution in [0.25, 0.3) is 10.8 Å². The largest absolute Gasteiger partial charge is 0.481 e. The zero-order valence-electron chi connectivity index (χ0n) is 21.1. The standard InChI is InChI=1S/C25H37N3O5S/c1-18(2)11-12-19-17-27(24(29)33-25(3,4)5)15-8-16-28(19)34(30,31)22-10-7-9-21-20(22)13-14-26-23(21)32-6/h7,9-10,13-14,18-19H,8,11-12,15-17H2,1-6H3/t19-/m1/s1. The van der Waals surface area contributed by atoms with E-state index < -0.39 is 21.7 Å². The number of aromatic nitrogens is 1. The average molecular weight is 492 g/mol. The number of pyridine rings is 1. The van der Waals surface area contributed by atoms with Gasteiger partial charge in [0, 0.05) is 42.6 Å². The van der Waals surface area contributed by atoms with Gasteiger partial charge in [-0.1, -0.05) is 19.9 Å². The Bertz CT molecular complexity index is 1110. The highest BCUT2D eigenvalue weighted by molar-refractivity contribution is 7.89. The molecule has 0 unspecified atom stereocenters. The second-order valence-corrected chi connectivity index (χ2v) is 12.1. The van der Waals surface area contributed by atoms with Crippen molar-refractivity contribution in [2.24, 2.45) is 5.92 Å². The van der Waals surface area contributed by atoms with Gasteiger partial charge in [-0.15, -0.1) is 0 Å². The van der Waals surface area contributed by atoms with Crippen LogP contribution in [-0.4, -0.2) is 67.1 Å². The second kappa shape index (κ2) is 10.5. The summed E-state index contributed by atoms with van der Waals surface area (Å²) in [6.45, 7) is 10.8. The number of methoxy groups -OCH3 is 1. The maximum Gasteiger partial charge on any atom is 0.410 e. The zero-order chi connectivity index (χ0) is 25.1. The summed E-state index contributed by atoms with van der Waals surface area (Å²) in [6, 6.07) is 6.52. The van der Waals surface area contributed by atoms with Crippen LogP contribution in [0.1, 0.15) is 53.9 Å². The van der Waals surface area contributed by atoms with Crippen molar-refractivity contribution in [1.29, 1.82) is 0 Å². The molecule has 1 aliphatic rings. The third-order valence-electron chi connectivity index (χ3n) is 5.88. The molecule has 2 heterocycles. The number of amides is 1. The predicted octanol–water partition coefficient (Wildman–Crippen LogP) is 4.68. The molecule has 1 atom stereocenters. The lowest BCUT2D eigenvalue weighted by Crippen LogP contribution is -2.46. The van der Waals surface area contributed by atoms with Crippen LogP contribution in [0.2, 0.25) is 0 Å². The number of nitrogens with zero attached hydrogens (tertiary/aromatic N) is 3. The summed E-state index contributed by atoms with van der Waals surface area (Å²) in [5, 5.41) is 1.22. The molecule has 1 aliphatic heterocycles. The maximum absolute atomic E-state index is 14.0. The lowest BCUT2D eigenvalue weighted by atomic mass is 10.0. The molecule has 2 aromatic rings. The van der Waals surface area contributed by atoms with Gasteiger partial charge in [0.05, 0.1) is 12.0 Å². The smallest absolute Gasteiger partial charge is 0.410 e. The molecule has 0 N–H and O–H groups in total. The highest BCUT2D eigenvalue weighted by atomic mass is 32.2. The number of hydrogen-bond acceptors (Lipinski definition) is 6. The van der Waals surface area contributed by atoms with Crippen molar-refractivity contribution < 1.29 is 22.7 Å². The Balaban J connectivity index is 2.00. The number of carbonyl (C=O) groups is 1. The fraction of sp³-hybridized carbons (Fsp3) is 0.600. The summed E-state index contributed by atoms with van der Waals surface area (Å²) in [6.07, 6.45) is 3.20. The number of rotatable bonds is 6. The first-order valence-corrected chi connectivity index (χ1v) is 13.3. The van der Waals surface area contributed by atoms with E-state index in [0.717, 1.165) is 6.42 Å². The average Bonchev–Trinajstić information content (AvgIpc) is 2.99. The summed E-state index contributed by atoms with van der Waals surface area (Å²) in [7, 11) is -2.33. The van der Waals surface area contributed by atoms with Gasteiger partial charge in [-0.05, 0) is 64.2 Å². The first-order valence-electron chi connectivity index (χ1n) is 11.9. The third-order valence-corrected chi connectivity index (χ3v) is 7.89. The molecule has 188 valence electrons. The molecule has 8 nitrogen and oxygen atoms in total. The lowest BCUT2D eigenvalue weighted by molar-refractivity contribution is 0.0237. The van der Waals surface area contributed by atoms with E-state index in [1.54, 1.807) is 33.6 Å². The molecular weight excluding hydrogens is 454 g/mol. The Labute approximate surface area is 203 Å². The second-order valence-electron chi connectivity index (χ2n) is 10.2. The fourth-order valence-electron chi connectivity index (χ4n) is 4.27. The maximum atomic E-state index is 14.0. The molecule has 0 spiro atoms. The van der Waals surface area contributed by atoms with Crippen LogP contribution >= 0.6 is 0 Å². The van der Waals surface area contributed by atoms with Crippen molar-refractivity contribution >= 4 is 26.9 Å². The van der Waals surface area contributed by atoms with Gasteiger partial charge in [-0.25, -0.2) is 18.2 Å². The van der Waals surface area contributed by atoms with Crippen LogP contribution in [0.4, 0.5) is 4.79 Å². The van der Waals surface area contributed by atoms with E-state index in [2.05, 4.69) is 18.8 Å². The van der Waals surface area contributed by atoms with Gasteiger partial charge < -0.3 is 14.4 Å². The molecule has 1 amide bonds. The molecule has 0 saturated carbocycles. The predicted molar refractivity (Wildman–Crippen MR) is 132 cm³/mol. The number of benzene rings is 1. The highest BCUT2D eigenvalue weighted by Gasteiger charge is 2.37. The van der Waals surface area contributed by atoms with Gasteiger partial charge in [0.15, 0.2) is 0 Å². The van der Waals surface area contributed by atoms with E-state index in [9.17, 15) is 13.2 Å². The molecule has 1 aromatic carbocycles. The Hall–Kier alpha value is -2.39. The summed E-state index contributed by atoms with van der Waals surface area (Å²) < 4.78 is 40.6. The van der Waals surface area contributed by atoms with Crippen LogP contribution < -0.4 is 4.74 Å². The lowest BCUT2D eigenvalue weighted by Gasteiger charge is -2.32. The van der Waals surface area contributed by atoms with E-state index in [1.807, 2.05) is 26.8 Å². The van der Waals surface area contributed by atoms with Gasteiger partial charge in [0.1, 0.15) is 5.60 Å². The molecular formula is C25H37N3O5S. The molecule has 1 saturated heterocycles. The Morgan fingerprint density at radius 2 is 1.91 bits per heavy atom. The Morgan fingerprint density at radius 3 is 2.56 bits per heavy atom. The number of sulfonamides is 1. The fourth-order valence-corrected chi connectivity index (χ4v) is 6.16. The monoisotopic (exact) mass is 491 g/mol. The van der Waals surface area contributed by atoms with E-state index in [4.69, 9.17) is 9.47 Å². The first-order chi connectivity index (χ1) is 15.9. The number of hydrogen-bond donors (Lipinski definition) is 0. The number of fused-ring (bicyclic) bond motifs is 1. The van der Waals surface area contributed by atoms with E-state index >= 15 is 0 Å². The van der Waals surface area contributed by atoms with Gasteiger partial charge >= 0.3 is 6.09 Å². The molecule has 1 aromatic heterocycles. The quantitative estimate of drug-likeness (QED) is 0.583. The van der Waals surface area contributed by atoms with Gasteiger partial charge in [-0.3, -0.25) is 0 Å². The highest BCUT2D eigenvalue weighted by Crippen LogP contribution is 2.32. The van der Waals surface area contributed by atoms with Crippen molar-refractivity contribution in [1.82, 2.24) is 14.2 Å². The molecule has 0 radical (unpaired) electrons. The summed E-state index contributed by atoms with van der Waals surface area (Å²) in [5.74, 6) is 0.800. The van der Waals surface area contributed by atoms with Crippen molar-refractivity contribution in [2.45, 2.75) is 70.4 Å². The molecule has 1 fully saturated rings. The summed E-state index contributed by atoms with van der Waals surface area (Å²) in [4.78, 5) is 18.9. The summed E-state index contributed by atoms with van der Waals surface area (Å²) >= 11 is 0. The Morgan fingerprint density at radius 1 is 1.18 bits per heavy atom. The minimum Gasteiger partial charge on any atom is -0.481 e. The minimum atomic E-state index is -3.85. The zero-order valence-corrected chi connectivity index (χ0v) is 21.9. The van der Waals surface area contributed by atoms with E-state index in [1.165, 1.54) is 7.11 Å². The minimum absolute atomic E-state index is 0.228. The van der Waals surface area contributed by atoms with Gasteiger partial charge in [0.25, 0.3) is 0 Å². The van der Waals surface area contributed by atoms with Crippen molar-refractivity contribution in [3.63, 3.8) is 0 Å². The van der Waals surface area contributed by atoms with Crippen molar-refractivity contribution in [3.8, 4) is 5.88 Å². The summed E-state index contributed by atoms with van der Waals surface area (Å²) in [5.41, 5.74) is -0.612. The van der Waals surface area contributed by atoms with Crippen LogP contribution in [0.5, 0.6) is 5.88 Å². The number of carbonyl (C=O) groups excluding carboxylic acids is 1. The normalized spacial score (nSPS) is 18.2. The van der Waals surface area contributed by atoms with Crippen LogP contribution in [-0.2, 0) is 14.8 Å². The molecule has 9 heteroatoms. The SMILES string of the molecule is COc1nccc2c(S(=O)(=O)N3CCCN(C(=O)OC(C)(C)C)C[C@H]3CCC(C)C)cccc12. The van der Waals surface area contributed by atoms with Crippen LogP contribution in [0.3, 0.4) is 0 Å². The van der Waals surface area contributed by atoms with E-state index in [-0.39, 0.29) is 10.9 Å². The first kappa shape index (κ1) is 26.2. The number of ether oxygens (including phenoxy) is 2. The van der Waals surface area contributed by atoms with Crippen LogP contribution in [0, 0.1) is 5.92 Å². The topological polar surface area (TPSA) is 89.0 Å². The molecule has 34 heavy (non-hydrogen) atoms. The van der Waals surface area contributed by atoms with Gasteiger partial charge in [0.2, 0.25) is 15.9 Å².